The van der Waals surface area contributed by atoms with Crippen molar-refractivity contribution in [2.24, 2.45) is 0 Å². The smallest absolute Gasteiger partial charge is 0.179 e. The molecule has 0 aliphatic carbocycles. The Labute approximate surface area is 113 Å². The summed E-state index contributed by atoms with van der Waals surface area (Å²) in [5, 5.41) is 0. The van der Waals surface area contributed by atoms with Crippen molar-refractivity contribution in [2.75, 3.05) is 12.1 Å². The van der Waals surface area contributed by atoms with Gasteiger partial charge in [0.05, 0.1) is 5.88 Å². The molecule has 1 heterocycles. The number of halogens is 1. The molecule has 0 saturated carbocycles. The number of alkyl halides is 1. The fraction of sp³-hybridized carbons (Fsp3) is 0.615. The molecule has 0 fully saturated rings. The lowest BCUT2D eigenvalue weighted by molar-refractivity contribution is 0.102. The summed E-state index contributed by atoms with van der Waals surface area (Å²) in [5.74, 6) is 0.0592. The van der Waals surface area contributed by atoms with E-state index in [0.29, 0.717) is 0 Å². The summed E-state index contributed by atoms with van der Waals surface area (Å²) in [7, 11) is 0. The SMILES string of the molecule is CSC(C)(C)Cn1c(C)cc(C(=O)CCl)c1C. The first kappa shape index (κ1) is 14.7. The first-order chi connectivity index (χ1) is 7.82. The van der Waals surface area contributed by atoms with Crippen LogP contribution in [0.4, 0.5) is 0 Å². The number of nitrogens with zero attached hydrogens (tertiary/aromatic N) is 1. The highest BCUT2D eigenvalue weighted by Gasteiger charge is 2.21. The van der Waals surface area contributed by atoms with Crippen molar-refractivity contribution in [3.05, 3.63) is 23.0 Å². The Kier molecular flexibility index (Phi) is 4.73. The Morgan fingerprint density at radius 1 is 1.47 bits per heavy atom. The first-order valence-electron chi connectivity index (χ1n) is 5.63. The van der Waals surface area contributed by atoms with Gasteiger partial charge in [-0.2, -0.15) is 11.8 Å². The third-order valence-corrected chi connectivity index (χ3v) is 4.56. The number of rotatable bonds is 5. The molecule has 0 aliphatic heterocycles. The molecule has 0 radical (unpaired) electrons. The molecule has 0 saturated heterocycles. The molecule has 0 aromatic carbocycles. The van der Waals surface area contributed by atoms with Gasteiger partial charge in [-0.15, -0.1) is 11.6 Å². The van der Waals surface area contributed by atoms with Crippen molar-refractivity contribution in [1.29, 1.82) is 0 Å². The van der Waals surface area contributed by atoms with E-state index in [0.717, 1.165) is 23.5 Å². The predicted molar refractivity (Wildman–Crippen MR) is 76.6 cm³/mol. The lowest BCUT2D eigenvalue weighted by atomic mass is 10.1. The number of carbonyl (C=O) groups excluding carboxylic acids is 1. The molecule has 0 amide bonds. The molecule has 2 nitrogen and oxygen atoms in total. The molecule has 1 rings (SSSR count). The monoisotopic (exact) mass is 273 g/mol. The Morgan fingerprint density at radius 3 is 2.53 bits per heavy atom. The van der Waals surface area contributed by atoms with E-state index in [4.69, 9.17) is 11.6 Å². The van der Waals surface area contributed by atoms with E-state index in [1.807, 2.05) is 31.7 Å². The van der Waals surface area contributed by atoms with Crippen LogP contribution in [-0.2, 0) is 6.54 Å². The molecule has 96 valence electrons. The van der Waals surface area contributed by atoms with Gasteiger partial charge in [0.2, 0.25) is 0 Å². The van der Waals surface area contributed by atoms with Crippen LogP contribution in [0.5, 0.6) is 0 Å². The fourth-order valence-corrected chi connectivity index (χ4v) is 2.25. The van der Waals surface area contributed by atoms with Crippen molar-refractivity contribution < 1.29 is 4.79 Å². The van der Waals surface area contributed by atoms with Crippen molar-refractivity contribution in [3.63, 3.8) is 0 Å². The number of ketones is 1. The minimum Gasteiger partial charge on any atom is -0.347 e. The Balaban J connectivity index is 3.10. The average Bonchev–Trinajstić information content (AvgIpc) is 2.56. The molecular weight excluding hydrogens is 254 g/mol. The normalized spacial score (nSPS) is 11.9. The zero-order valence-corrected chi connectivity index (χ0v) is 12.7. The quantitative estimate of drug-likeness (QED) is 0.603. The van der Waals surface area contributed by atoms with Gasteiger partial charge in [-0.25, -0.2) is 0 Å². The van der Waals surface area contributed by atoms with Crippen molar-refractivity contribution in [2.45, 2.75) is 39.0 Å². The van der Waals surface area contributed by atoms with Gasteiger partial charge in [-0.05, 0) is 40.0 Å². The molecule has 0 spiro atoms. The molecule has 0 atom stereocenters. The van der Waals surface area contributed by atoms with Gasteiger partial charge in [0, 0.05) is 28.2 Å². The topological polar surface area (TPSA) is 22.0 Å². The fourth-order valence-electron chi connectivity index (χ4n) is 1.84. The van der Waals surface area contributed by atoms with Crippen molar-refractivity contribution in [1.82, 2.24) is 4.57 Å². The molecule has 0 N–H and O–H groups in total. The van der Waals surface area contributed by atoms with E-state index in [-0.39, 0.29) is 16.4 Å². The van der Waals surface area contributed by atoms with Gasteiger partial charge in [-0.1, -0.05) is 0 Å². The van der Waals surface area contributed by atoms with Crippen LogP contribution in [0.15, 0.2) is 6.07 Å². The third-order valence-electron chi connectivity index (χ3n) is 3.09. The maximum atomic E-state index is 11.7. The average molecular weight is 274 g/mol. The Hall–Kier alpha value is -0.410. The highest BCUT2D eigenvalue weighted by molar-refractivity contribution is 7.99. The van der Waals surface area contributed by atoms with Crippen LogP contribution in [0.1, 0.15) is 35.6 Å². The molecular formula is C13H20ClNOS. The number of aryl methyl sites for hydroxylation is 1. The molecule has 0 bridgehead atoms. The zero-order valence-electron chi connectivity index (χ0n) is 11.1. The number of aromatic nitrogens is 1. The number of carbonyl (C=O) groups is 1. The standard InChI is InChI=1S/C13H20ClNOS/c1-9-6-11(12(16)7-14)10(2)15(9)8-13(3,4)17-5/h6H,7-8H2,1-5H3. The summed E-state index contributed by atoms with van der Waals surface area (Å²) < 4.78 is 2.37. The molecule has 17 heavy (non-hydrogen) atoms. The summed E-state index contributed by atoms with van der Waals surface area (Å²) in [6, 6.07) is 1.94. The summed E-state index contributed by atoms with van der Waals surface area (Å²) in [6.45, 7) is 9.35. The molecule has 0 unspecified atom stereocenters. The van der Waals surface area contributed by atoms with Crippen LogP contribution >= 0.6 is 23.4 Å². The minimum atomic E-state index is 0.00738. The first-order valence-corrected chi connectivity index (χ1v) is 7.39. The molecule has 1 aromatic rings. The van der Waals surface area contributed by atoms with E-state index in [2.05, 4.69) is 24.7 Å². The number of Topliss-reactive ketones (excluding diaryl/α,β-unsaturated/α-hetero) is 1. The second kappa shape index (κ2) is 5.49. The highest BCUT2D eigenvalue weighted by Crippen LogP contribution is 2.26. The van der Waals surface area contributed by atoms with E-state index >= 15 is 0 Å². The van der Waals surface area contributed by atoms with E-state index in [1.54, 1.807) is 0 Å². The van der Waals surface area contributed by atoms with E-state index < -0.39 is 0 Å². The van der Waals surface area contributed by atoms with E-state index in [1.165, 1.54) is 0 Å². The van der Waals surface area contributed by atoms with Crippen molar-refractivity contribution in [3.8, 4) is 0 Å². The van der Waals surface area contributed by atoms with Gasteiger partial charge in [0.25, 0.3) is 0 Å². The molecule has 1 aromatic heterocycles. The molecule has 4 heteroatoms. The maximum Gasteiger partial charge on any atom is 0.179 e. The Morgan fingerprint density at radius 2 is 2.06 bits per heavy atom. The summed E-state index contributed by atoms with van der Waals surface area (Å²) in [5.41, 5.74) is 2.91. The number of hydrogen-bond acceptors (Lipinski definition) is 2. The lowest BCUT2D eigenvalue weighted by Crippen LogP contribution is -2.24. The van der Waals surface area contributed by atoms with Gasteiger partial charge in [0.15, 0.2) is 5.78 Å². The van der Waals surface area contributed by atoms with Gasteiger partial charge in [-0.3, -0.25) is 4.79 Å². The number of thioether (sulfide) groups is 1. The predicted octanol–water partition coefficient (Wildman–Crippen LogP) is 3.67. The zero-order chi connectivity index (χ0) is 13.2. The van der Waals surface area contributed by atoms with Gasteiger partial charge in [0.1, 0.15) is 0 Å². The third kappa shape index (κ3) is 3.29. The van der Waals surface area contributed by atoms with Crippen LogP contribution in [0, 0.1) is 13.8 Å². The summed E-state index contributed by atoms with van der Waals surface area (Å²) >= 11 is 7.45. The number of hydrogen-bond donors (Lipinski definition) is 0. The summed E-state index contributed by atoms with van der Waals surface area (Å²) in [4.78, 5) is 11.7. The van der Waals surface area contributed by atoms with Crippen LogP contribution < -0.4 is 0 Å². The second-order valence-electron chi connectivity index (χ2n) is 4.89. The van der Waals surface area contributed by atoms with Crippen LogP contribution in [0.2, 0.25) is 0 Å². The van der Waals surface area contributed by atoms with E-state index in [9.17, 15) is 4.79 Å². The Bertz CT molecular complexity index is 423. The van der Waals surface area contributed by atoms with Crippen LogP contribution in [0.3, 0.4) is 0 Å². The van der Waals surface area contributed by atoms with Crippen molar-refractivity contribution >= 4 is 29.1 Å². The summed E-state index contributed by atoms with van der Waals surface area (Å²) in [6.07, 6.45) is 2.11. The van der Waals surface area contributed by atoms with Gasteiger partial charge < -0.3 is 4.57 Å². The maximum absolute atomic E-state index is 11.7. The molecule has 0 aliphatic rings. The highest BCUT2D eigenvalue weighted by atomic mass is 35.5. The second-order valence-corrected chi connectivity index (χ2v) is 6.67. The minimum absolute atomic E-state index is 0.00738. The van der Waals surface area contributed by atoms with Gasteiger partial charge >= 0.3 is 0 Å². The van der Waals surface area contributed by atoms with Crippen LogP contribution in [-0.4, -0.2) is 27.2 Å². The van der Waals surface area contributed by atoms with Crippen LogP contribution in [0.25, 0.3) is 0 Å². The largest absolute Gasteiger partial charge is 0.347 e. The lowest BCUT2D eigenvalue weighted by Gasteiger charge is -2.24.